The summed E-state index contributed by atoms with van der Waals surface area (Å²) < 4.78 is 0.946. The zero-order valence-electron chi connectivity index (χ0n) is 15.6. The van der Waals surface area contributed by atoms with Gasteiger partial charge in [0.15, 0.2) is 5.78 Å². The molecular formula is C23H24BrNOS. The Morgan fingerprint density at radius 3 is 2.89 bits per heavy atom. The van der Waals surface area contributed by atoms with Crippen LogP contribution in [0.25, 0.3) is 0 Å². The molecule has 1 saturated heterocycles. The first-order valence-corrected chi connectivity index (χ1v) is 10.9. The van der Waals surface area contributed by atoms with Crippen LogP contribution in [0, 0.1) is 5.41 Å². The fourth-order valence-corrected chi connectivity index (χ4v) is 5.33. The molecule has 2 aliphatic rings. The monoisotopic (exact) mass is 441 g/mol. The van der Waals surface area contributed by atoms with Crippen molar-refractivity contribution in [3.63, 3.8) is 0 Å². The van der Waals surface area contributed by atoms with Crippen molar-refractivity contribution in [2.75, 3.05) is 6.54 Å². The second kappa shape index (κ2) is 7.48. The number of nitrogens with zero attached hydrogens (tertiary/aromatic N) is 1. The second-order valence-electron chi connectivity index (χ2n) is 8.00. The van der Waals surface area contributed by atoms with Crippen LogP contribution in [0.5, 0.6) is 0 Å². The topological polar surface area (TPSA) is 20.3 Å². The molecule has 2 nitrogen and oxygen atoms in total. The van der Waals surface area contributed by atoms with Gasteiger partial charge in [-0.25, -0.2) is 0 Å². The summed E-state index contributed by atoms with van der Waals surface area (Å²) in [6, 6.07) is 16.8. The third-order valence-electron chi connectivity index (χ3n) is 6.21. The molecule has 2 aromatic carbocycles. The summed E-state index contributed by atoms with van der Waals surface area (Å²) in [5.74, 6) is 0.199. The molecule has 0 aromatic heterocycles. The van der Waals surface area contributed by atoms with Crippen LogP contribution in [0.15, 0.2) is 53.0 Å². The molecule has 1 aliphatic carbocycles. The Balaban J connectivity index is 1.44. The molecule has 0 radical (unpaired) electrons. The first kappa shape index (κ1) is 18.8. The maximum absolute atomic E-state index is 12.6. The molecular weight excluding hydrogens is 418 g/mol. The van der Waals surface area contributed by atoms with Gasteiger partial charge in [-0.15, -0.1) is 0 Å². The van der Waals surface area contributed by atoms with E-state index in [0.717, 1.165) is 47.3 Å². The Morgan fingerprint density at radius 2 is 2.07 bits per heavy atom. The molecule has 2 unspecified atom stereocenters. The number of benzene rings is 2. The molecule has 4 rings (SSSR count). The second-order valence-corrected chi connectivity index (χ2v) is 9.30. The van der Waals surface area contributed by atoms with E-state index in [4.69, 9.17) is 12.2 Å². The standard InChI is InChI=1S/C23H24BrNOS/c1-23(12-11-21(26)17-6-4-7-18(24)15-17)13-14-25(22(23)27)20-10-9-16-5-2-3-8-19(16)20/h2-8,15,20H,9-14H2,1H3. The lowest BCUT2D eigenvalue weighted by molar-refractivity contribution is 0.0970. The molecule has 2 aromatic rings. The lowest BCUT2D eigenvalue weighted by Crippen LogP contribution is -2.33. The van der Waals surface area contributed by atoms with Crippen LogP contribution in [-0.2, 0) is 6.42 Å². The molecule has 0 amide bonds. The zero-order valence-corrected chi connectivity index (χ0v) is 18.0. The van der Waals surface area contributed by atoms with E-state index >= 15 is 0 Å². The number of carbonyl (C=O) groups is 1. The van der Waals surface area contributed by atoms with Crippen molar-refractivity contribution in [2.45, 2.75) is 45.1 Å². The first-order valence-electron chi connectivity index (χ1n) is 9.66. The highest BCUT2D eigenvalue weighted by atomic mass is 79.9. The van der Waals surface area contributed by atoms with Crippen molar-refractivity contribution >= 4 is 38.9 Å². The third kappa shape index (κ3) is 3.62. The van der Waals surface area contributed by atoms with E-state index in [9.17, 15) is 4.79 Å². The molecule has 0 N–H and O–H groups in total. The number of rotatable bonds is 5. The number of thiocarbonyl (C=S) groups is 1. The molecule has 0 spiro atoms. The summed E-state index contributed by atoms with van der Waals surface area (Å²) in [4.78, 5) is 16.1. The van der Waals surface area contributed by atoms with Gasteiger partial charge >= 0.3 is 0 Å². The molecule has 27 heavy (non-hydrogen) atoms. The maximum atomic E-state index is 12.6. The first-order chi connectivity index (χ1) is 13.0. The van der Waals surface area contributed by atoms with Crippen molar-refractivity contribution in [3.8, 4) is 0 Å². The summed E-state index contributed by atoms with van der Waals surface area (Å²) >= 11 is 9.38. The van der Waals surface area contributed by atoms with Gasteiger partial charge in [-0.1, -0.05) is 71.5 Å². The minimum atomic E-state index is -0.0610. The highest BCUT2D eigenvalue weighted by Gasteiger charge is 2.43. The minimum Gasteiger partial charge on any atom is -0.359 e. The number of Topliss-reactive ketones (excluding diaryl/α,β-unsaturated/α-hetero) is 1. The van der Waals surface area contributed by atoms with Crippen LogP contribution >= 0.6 is 28.1 Å². The number of likely N-dealkylation sites (tertiary alicyclic amines) is 1. The van der Waals surface area contributed by atoms with Gasteiger partial charge in [0.25, 0.3) is 0 Å². The molecule has 2 atom stereocenters. The molecule has 0 bridgehead atoms. The Hall–Kier alpha value is -1.52. The van der Waals surface area contributed by atoms with Crippen molar-refractivity contribution in [1.82, 2.24) is 4.90 Å². The van der Waals surface area contributed by atoms with E-state index in [1.54, 1.807) is 0 Å². The van der Waals surface area contributed by atoms with E-state index in [0.29, 0.717) is 12.5 Å². The fraction of sp³-hybridized carbons (Fsp3) is 0.391. The Kier molecular flexibility index (Phi) is 5.21. The van der Waals surface area contributed by atoms with E-state index in [2.05, 4.69) is 52.0 Å². The highest BCUT2D eigenvalue weighted by Crippen LogP contribution is 2.45. The predicted molar refractivity (Wildman–Crippen MR) is 117 cm³/mol. The van der Waals surface area contributed by atoms with Crippen molar-refractivity contribution < 1.29 is 4.79 Å². The van der Waals surface area contributed by atoms with Crippen molar-refractivity contribution in [2.24, 2.45) is 5.41 Å². The summed E-state index contributed by atoms with van der Waals surface area (Å²) in [5, 5.41) is 0. The third-order valence-corrected chi connectivity index (χ3v) is 7.43. The number of aryl methyl sites for hydroxylation is 1. The SMILES string of the molecule is CC1(CCC(=O)c2cccc(Br)c2)CCN(C2CCc3ccccc32)C1=S. The Labute approximate surface area is 175 Å². The smallest absolute Gasteiger partial charge is 0.162 e. The molecule has 1 aliphatic heterocycles. The van der Waals surface area contributed by atoms with Crippen LogP contribution in [-0.4, -0.2) is 22.2 Å². The van der Waals surface area contributed by atoms with Crippen LogP contribution < -0.4 is 0 Å². The number of fused-ring (bicyclic) bond motifs is 1. The highest BCUT2D eigenvalue weighted by molar-refractivity contribution is 9.10. The van der Waals surface area contributed by atoms with Crippen molar-refractivity contribution in [1.29, 1.82) is 0 Å². The maximum Gasteiger partial charge on any atom is 0.162 e. The van der Waals surface area contributed by atoms with Gasteiger partial charge < -0.3 is 4.90 Å². The lowest BCUT2D eigenvalue weighted by atomic mass is 9.83. The van der Waals surface area contributed by atoms with Gasteiger partial charge in [0, 0.05) is 28.4 Å². The quantitative estimate of drug-likeness (QED) is 0.410. The summed E-state index contributed by atoms with van der Waals surface area (Å²) in [6.45, 7) is 3.24. The van der Waals surface area contributed by atoms with Gasteiger partial charge in [-0.05, 0) is 48.9 Å². The van der Waals surface area contributed by atoms with Gasteiger partial charge in [-0.3, -0.25) is 4.79 Å². The van der Waals surface area contributed by atoms with Crippen LogP contribution in [0.2, 0.25) is 0 Å². The van der Waals surface area contributed by atoms with E-state index in [-0.39, 0.29) is 11.2 Å². The largest absolute Gasteiger partial charge is 0.359 e. The number of halogens is 1. The van der Waals surface area contributed by atoms with Gasteiger partial charge in [0.05, 0.1) is 11.0 Å². The average molecular weight is 442 g/mol. The Bertz CT molecular complexity index is 895. The number of carbonyl (C=O) groups excluding carboxylic acids is 1. The molecule has 4 heteroatoms. The van der Waals surface area contributed by atoms with Gasteiger partial charge in [0.1, 0.15) is 0 Å². The normalized spacial score (nSPS) is 24.3. The predicted octanol–water partition coefficient (Wildman–Crippen LogP) is 6.14. The van der Waals surface area contributed by atoms with Crippen LogP contribution in [0.3, 0.4) is 0 Å². The lowest BCUT2D eigenvalue weighted by Gasteiger charge is -2.31. The molecule has 1 heterocycles. The Morgan fingerprint density at radius 1 is 1.26 bits per heavy atom. The summed E-state index contributed by atoms with van der Waals surface area (Å²) in [5.41, 5.74) is 3.62. The number of hydrogen-bond donors (Lipinski definition) is 0. The minimum absolute atomic E-state index is 0.0610. The van der Waals surface area contributed by atoms with E-state index in [1.165, 1.54) is 11.1 Å². The molecule has 140 valence electrons. The summed E-state index contributed by atoms with van der Waals surface area (Å²) in [7, 11) is 0. The van der Waals surface area contributed by atoms with Crippen LogP contribution in [0.4, 0.5) is 0 Å². The van der Waals surface area contributed by atoms with Crippen molar-refractivity contribution in [3.05, 3.63) is 69.7 Å². The van der Waals surface area contributed by atoms with E-state index < -0.39 is 0 Å². The molecule has 0 saturated carbocycles. The number of hydrogen-bond acceptors (Lipinski definition) is 2. The van der Waals surface area contributed by atoms with E-state index in [1.807, 2.05) is 24.3 Å². The van der Waals surface area contributed by atoms with Gasteiger partial charge in [-0.2, -0.15) is 0 Å². The summed E-state index contributed by atoms with van der Waals surface area (Å²) in [6.07, 6.45) is 4.69. The number of ketones is 1. The van der Waals surface area contributed by atoms with Crippen LogP contribution in [0.1, 0.15) is 60.1 Å². The van der Waals surface area contributed by atoms with Gasteiger partial charge in [0.2, 0.25) is 0 Å². The fourth-order valence-electron chi connectivity index (χ4n) is 4.51. The molecule has 1 fully saturated rings. The zero-order chi connectivity index (χ0) is 19.0. The average Bonchev–Trinajstić information content (AvgIpc) is 3.22.